The molecule has 2 aromatic carbocycles. The quantitative estimate of drug-likeness (QED) is 0.323. The van der Waals surface area contributed by atoms with Gasteiger partial charge in [-0.3, -0.25) is 9.59 Å². The van der Waals surface area contributed by atoms with Gasteiger partial charge in [-0.15, -0.1) is 12.4 Å². The Morgan fingerprint density at radius 2 is 1.74 bits per heavy atom. The molecule has 3 aromatic rings. The van der Waals surface area contributed by atoms with Gasteiger partial charge in [0.2, 0.25) is 11.2 Å². The van der Waals surface area contributed by atoms with Gasteiger partial charge in [0.1, 0.15) is 11.4 Å². The van der Waals surface area contributed by atoms with E-state index in [1.807, 2.05) is 9.47 Å². The predicted octanol–water partition coefficient (Wildman–Crippen LogP) is 3.10. The van der Waals surface area contributed by atoms with Gasteiger partial charge in [-0.05, 0) is 37.1 Å². The van der Waals surface area contributed by atoms with Crippen molar-refractivity contribution in [1.82, 2.24) is 15.3 Å². The zero-order valence-corrected chi connectivity index (χ0v) is 22.8. The van der Waals surface area contributed by atoms with E-state index in [0.29, 0.717) is 47.1 Å². The zero-order chi connectivity index (χ0) is 26.8. The van der Waals surface area contributed by atoms with Crippen molar-refractivity contribution < 1.29 is 23.4 Å². The van der Waals surface area contributed by atoms with E-state index in [1.54, 1.807) is 24.4 Å². The molecule has 208 valence electrons. The van der Waals surface area contributed by atoms with E-state index in [-0.39, 0.29) is 29.4 Å². The second-order valence-corrected chi connectivity index (χ2v) is 9.23. The number of amides is 1. The Kier molecular flexibility index (Phi) is 8.61. The van der Waals surface area contributed by atoms with Crippen LogP contribution >= 0.6 is 12.4 Å². The molecule has 2 aliphatic rings. The monoisotopic (exact) mass is 559 g/mol. The van der Waals surface area contributed by atoms with Crippen LogP contribution in [-0.4, -0.2) is 64.2 Å². The molecular weight excluding hydrogens is 529 g/mol. The lowest BCUT2D eigenvalue weighted by Crippen LogP contribution is -2.43. The second kappa shape index (κ2) is 11.9. The maximum absolute atomic E-state index is 15.2. The number of anilines is 1. The highest BCUT2D eigenvalue weighted by Crippen LogP contribution is 2.39. The molecule has 1 aliphatic carbocycles. The van der Waals surface area contributed by atoms with Gasteiger partial charge in [-0.25, -0.2) is 9.82 Å². The number of halogens is 2. The van der Waals surface area contributed by atoms with Crippen LogP contribution in [0.5, 0.6) is 17.2 Å². The SMILES string of the molecule is COc1cc(/C=N\NC(=O)c2cn(C3CC3)c3cc(N4CCNCC4)c(F)cc3c2=O)cc(OC)c1OC.Cl. The summed E-state index contributed by atoms with van der Waals surface area (Å²) < 4.78 is 33.1. The molecule has 0 unspecified atom stereocenters. The number of carbonyl (C=O) groups is 1. The highest BCUT2D eigenvalue weighted by atomic mass is 35.5. The smallest absolute Gasteiger partial charge is 0.276 e. The summed E-state index contributed by atoms with van der Waals surface area (Å²) >= 11 is 0. The number of nitrogens with one attached hydrogen (secondary N) is 2. The maximum Gasteiger partial charge on any atom is 0.276 e. The lowest BCUT2D eigenvalue weighted by Gasteiger charge is -2.30. The van der Waals surface area contributed by atoms with Crippen molar-refractivity contribution in [2.24, 2.45) is 5.10 Å². The average molecular weight is 560 g/mol. The number of hydrazone groups is 1. The van der Waals surface area contributed by atoms with Crippen LogP contribution in [0.3, 0.4) is 0 Å². The Hall–Kier alpha value is -3.83. The van der Waals surface area contributed by atoms with Gasteiger partial charge < -0.3 is 29.0 Å². The van der Waals surface area contributed by atoms with Gasteiger partial charge in [-0.1, -0.05) is 0 Å². The number of pyridine rings is 1. The van der Waals surface area contributed by atoms with Crippen LogP contribution in [-0.2, 0) is 0 Å². The first-order valence-corrected chi connectivity index (χ1v) is 12.4. The fourth-order valence-electron chi connectivity index (χ4n) is 4.72. The van der Waals surface area contributed by atoms with Gasteiger partial charge in [0.05, 0.1) is 38.7 Å². The molecule has 2 N–H and O–H groups in total. The number of methoxy groups -OCH3 is 3. The Morgan fingerprint density at radius 3 is 2.33 bits per heavy atom. The highest BCUT2D eigenvalue weighted by molar-refractivity contribution is 5.98. The molecule has 1 saturated carbocycles. The molecule has 5 rings (SSSR count). The van der Waals surface area contributed by atoms with E-state index in [9.17, 15) is 9.59 Å². The number of piperazine rings is 1. The summed E-state index contributed by atoms with van der Waals surface area (Å²) in [6, 6.07) is 6.50. The molecule has 1 saturated heterocycles. The molecule has 10 nitrogen and oxygen atoms in total. The molecule has 1 aromatic heterocycles. The summed E-state index contributed by atoms with van der Waals surface area (Å²) in [5.74, 6) is 0.145. The molecule has 1 amide bonds. The van der Waals surface area contributed by atoms with Crippen LogP contribution in [0.4, 0.5) is 10.1 Å². The largest absolute Gasteiger partial charge is 0.493 e. The Balaban J connectivity index is 0.00000353. The van der Waals surface area contributed by atoms with E-state index in [4.69, 9.17) is 14.2 Å². The summed E-state index contributed by atoms with van der Waals surface area (Å²) in [7, 11) is 4.50. The number of rotatable bonds is 8. The van der Waals surface area contributed by atoms with Crippen LogP contribution in [0.15, 0.2) is 40.4 Å². The number of fused-ring (bicyclic) bond motifs is 1. The number of carbonyl (C=O) groups excluding carboxylic acids is 1. The second-order valence-electron chi connectivity index (χ2n) is 9.23. The van der Waals surface area contributed by atoms with Crippen molar-refractivity contribution >= 4 is 41.1 Å². The Morgan fingerprint density at radius 1 is 1.08 bits per heavy atom. The summed E-state index contributed by atoms with van der Waals surface area (Å²) in [5.41, 5.74) is 3.46. The molecule has 12 heteroatoms. The predicted molar refractivity (Wildman–Crippen MR) is 150 cm³/mol. The zero-order valence-electron chi connectivity index (χ0n) is 22.0. The van der Waals surface area contributed by atoms with Gasteiger partial charge in [0, 0.05) is 49.4 Å². The molecule has 2 fully saturated rings. The number of hydrogen-bond acceptors (Lipinski definition) is 8. The normalized spacial score (nSPS) is 15.2. The number of aromatic nitrogens is 1. The summed E-state index contributed by atoms with van der Waals surface area (Å²) in [4.78, 5) is 28.3. The molecule has 0 spiro atoms. The van der Waals surface area contributed by atoms with Crippen molar-refractivity contribution in [3.05, 3.63) is 57.6 Å². The average Bonchev–Trinajstić information content (AvgIpc) is 3.78. The van der Waals surface area contributed by atoms with E-state index < -0.39 is 17.2 Å². The summed E-state index contributed by atoms with van der Waals surface area (Å²) in [6.45, 7) is 2.90. The van der Waals surface area contributed by atoms with E-state index in [0.717, 1.165) is 25.9 Å². The van der Waals surface area contributed by atoms with Crippen molar-refractivity contribution in [3.63, 3.8) is 0 Å². The third-order valence-electron chi connectivity index (χ3n) is 6.81. The van der Waals surface area contributed by atoms with Crippen LogP contribution in [0.25, 0.3) is 10.9 Å². The minimum atomic E-state index is -0.679. The first-order chi connectivity index (χ1) is 18.4. The number of ether oxygens (including phenoxy) is 3. The van der Waals surface area contributed by atoms with Gasteiger partial charge in [0.25, 0.3) is 5.91 Å². The van der Waals surface area contributed by atoms with Crippen LogP contribution < -0.4 is 35.3 Å². The molecule has 1 aliphatic heterocycles. The van der Waals surface area contributed by atoms with E-state index in [2.05, 4.69) is 15.8 Å². The third-order valence-corrected chi connectivity index (χ3v) is 6.81. The Bertz CT molecular complexity index is 1440. The molecular formula is C27H31ClFN5O5. The van der Waals surface area contributed by atoms with Crippen molar-refractivity contribution in [2.75, 3.05) is 52.4 Å². The maximum atomic E-state index is 15.2. The molecule has 2 heterocycles. The first kappa shape index (κ1) is 28.2. The fraction of sp³-hybridized carbons (Fsp3) is 0.370. The number of hydrogen-bond donors (Lipinski definition) is 2. The van der Waals surface area contributed by atoms with Crippen molar-refractivity contribution in [3.8, 4) is 17.2 Å². The number of nitrogens with zero attached hydrogens (tertiary/aromatic N) is 3. The van der Waals surface area contributed by atoms with Gasteiger partial charge in [-0.2, -0.15) is 5.10 Å². The minimum Gasteiger partial charge on any atom is -0.493 e. The summed E-state index contributed by atoms with van der Waals surface area (Å²) in [6.07, 6.45) is 4.83. The highest BCUT2D eigenvalue weighted by Gasteiger charge is 2.28. The standard InChI is InChI=1S/C27H30FN5O5.ClH/c1-36-23-10-16(11-24(37-2)26(23)38-3)14-30-31-27(35)19-15-33(17-4-5-17)21-13-22(32-8-6-29-7-9-32)20(28)12-18(21)25(19)34;/h10-15,17,29H,4-9H2,1-3H3,(H,31,35);1H/b30-14-;. The molecule has 0 bridgehead atoms. The lowest BCUT2D eigenvalue weighted by atomic mass is 10.1. The minimum absolute atomic E-state index is 0. The van der Waals surface area contributed by atoms with Crippen molar-refractivity contribution in [2.45, 2.75) is 18.9 Å². The summed E-state index contributed by atoms with van der Waals surface area (Å²) in [5, 5.41) is 7.45. The fourth-order valence-corrected chi connectivity index (χ4v) is 4.72. The van der Waals surface area contributed by atoms with E-state index in [1.165, 1.54) is 33.6 Å². The molecule has 39 heavy (non-hydrogen) atoms. The van der Waals surface area contributed by atoms with Crippen LogP contribution in [0.1, 0.15) is 34.8 Å². The van der Waals surface area contributed by atoms with Crippen LogP contribution in [0.2, 0.25) is 0 Å². The molecule has 0 radical (unpaired) electrons. The van der Waals surface area contributed by atoms with Gasteiger partial charge in [0.15, 0.2) is 11.5 Å². The molecule has 0 atom stereocenters. The van der Waals surface area contributed by atoms with Crippen LogP contribution in [0, 0.1) is 5.82 Å². The number of benzene rings is 2. The topological polar surface area (TPSA) is 106 Å². The lowest BCUT2D eigenvalue weighted by molar-refractivity contribution is 0.0953. The van der Waals surface area contributed by atoms with E-state index >= 15 is 4.39 Å². The van der Waals surface area contributed by atoms with Crippen molar-refractivity contribution in [1.29, 1.82) is 0 Å². The Labute approximate surface area is 231 Å². The third kappa shape index (κ3) is 5.64. The van der Waals surface area contributed by atoms with Gasteiger partial charge >= 0.3 is 0 Å². The first-order valence-electron chi connectivity index (χ1n) is 12.4.